The minimum Gasteiger partial charge on any atom is -0.353 e. The second kappa shape index (κ2) is 8.35. The van der Waals surface area contributed by atoms with Gasteiger partial charge >= 0.3 is 0 Å². The first-order chi connectivity index (χ1) is 13.6. The molecule has 0 bridgehead atoms. The number of carbonyl (C=O) groups excluding carboxylic acids is 1. The Kier molecular flexibility index (Phi) is 5.67. The zero-order valence-electron chi connectivity index (χ0n) is 15.2. The summed E-state index contributed by atoms with van der Waals surface area (Å²) in [7, 11) is 0. The van der Waals surface area contributed by atoms with E-state index in [1.54, 1.807) is 6.20 Å². The van der Waals surface area contributed by atoms with Crippen molar-refractivity contribution in [1.82, 2.24) is 14.7 Å². The summed E-state index contributed by atoms with van der Waals surface area (Å²) >= 11 is 12.2. The van der Waals surface area contributed by atoms with E-state index < -0.39 is 0 Å². The van der Waals surface area contributed by atoms with Crippen molar-refractivity contribution >= 4 is 35.4 Å². The van der Waals surface area contributed by atoms with E-state index in [0.29, 0.717) is 6.41 Å². The van der Waals surface area contributed by atoms with Gasteiger partial charge < -0.3 is 4.90 Å². The number of hydrogen-bond acceptors (Lipinski definition) is 4. The van der Waals surface area contributed by atoms with Crippen molar-refractivity contribution in [3.05, 3.63) is 82.0 Å². The Bertz CT molecular complexity index is 886. The minimum absolute atomic E-state index is 0.129. The fraction of sp³-hybridized carbons (Fsp3) is 0.238. The molecular formula is C21H20Cl2N4O. The third-order valence-corrected chi connectivity index (χ3v) is 5.58. The van der Waals surface area contributed by atoms with E-state index in [4.69, 9.17) is 23.2 Å². The van der Waals surface area contributed by atoms with Crippen LogP contribution in [0.15, 0.2) is 60.8 Å². The van der Waals surface area contributed by atoms with Crippen LogP contribution in [-0.4, -0.2) is 47.3 Å². The van der Waals surface area contributed by atoms with Crippen LogP contribution in [0.3, 0.4) is 0 Å². The highest BCUT2D eigenvalue weighted by atomic mass is 35.5. The standard InChI is InChI=1S/C21H20Cl2N4O/c22-18-5-1-16(2-6-18)21(17-3-7-19(23)8-4-17)26-13-11-25(12-14-26)20-9-10-27(15-28)24-20/h1-10,15,21H,11-14H2. The first-order valence-electron chi connectivity index (χ1n) is 9.14. The van der Waals surface area contributed by atoms with Crippen molar-refractivity contribution in [2.24, 2.45) is 0 Å². The molecule has 28 heavy (non-hydrogen) atoms. The van der Waals surface area contributed by atoms with E-state index in [2.05, 4.69) is 39.2 Å². The molecule has 0 saturated carbocycles. The second-order valence-corrected chi connectivity index (χ2v) is 7.66. The van der Waals surface area contributed by atoms with Gasteiger partial charge in [0.2, 0.25) is 6.41 Å². The van der Waals surface area contributed by atoms with Crippen molar-refractivity contribution in [1.29, 1.82) is 0 Å². The van der Waals surface area contributed by atoms with Gasteiger partial charge in [-0.3, -0.25) is 9.69 Å². The van der Waals surface area contributed by atoms with Gasteiger partial charge in [-0.1, -0.05) is 47.5 Å². The first kappa shape index (κ1) is 19.0. The number of rotatable bonds is 5. The number of nitrogens with zero attached hydrogens (tertiary/aromatic N) is 4. The Morgan fingerprint density at radius 1 is 0.821 bits per heavy atom. The van der Waals surface area contributed by atoms with Crippen LogP contribution in [0.1, 0.15) is 17.2 Å². The number of piperazine rings is 1. The molecule has 144 valence electrons. The summed E-state index contributed by atoms with van der Waals surface area (Å²) in [4.78, 5) is 15.5. The normalized spacial score (nSPS) is 15.2. The molecule has 0 unspecified atom stereocenters. The monoisotopic (exact) mass is 414 g/mol. The fourth-order valence-electron chi connectivity index (χ4n) is 3.67. The number of carbonyl (C=O) groups is 1. The molecule has 0 spiro atoms. The lowest BCUT2D eigenvalue weighted by molar-refractivity contribution is 0.212. The number of aromatic nitrogens is 2. The zero-order valence-corrected chi connectivity index (χ0v) is 16.7. The Morgan fingerprint density at radius 3 is 1.82 bits per heavy atom. The summed E-state index contributed by atoms with van der Waals surface area (Å²) in [6.45, 7) is 3.44. The highest BCUT2D eigenvalue weighted by Crippen LogP contribution is 2.31. The van der Waals surface area contributed by atoms with Gasteiger partial charge in [-0.25, -0.2) is 4.68 Å². The quantitative estimate of drug-likeness (QED) is 0.588. The largest absolute Gasteiger partial charge is 0.353 e. The molecule has 7 heteroatoms. The molecule has 1 saturated heterocycles. The molecule has 1 aliphatic heterocycles. The maximum absolute atomic E-state index is 10.9. The van der Waals surface area contributed by atoms with Gasteiger partial charge in [0.25, 0.3) is 0 Å². The van der Waals surface area contributed by atoms with Gasteiger partial charge in [-0.15, -0.1) is 5.10 Å². The number of benzene rings is 2. The number of hydrogen-bond donors (Lipinski definition) is 0. The van der Waals surface area contributed by atoms with Crippen LogP contribution in [0, 0.1) is 0 Å². The van der Waals surface area contributed by atoms with Crippen LogP contribution in [0.4, 0.5) is 5.82 Å². The zero-order chi connectivity index (χ0) is 19.5. The van der Waals surface area contributed by atoms with Crippen molar-refractivity contribution < 1.29 is 4.79 Å². The summed E-state index contributed by atoms with van der Waals surface area (Å²) in [5.41, 5.74) is 2.40. The van der Waals surface area contributed by atoms with Crippen LogP contribution in [-0.2, 0) is 4.79 Å². The van der Waals surface area contributed by atoms with Crippen LogP contribution in [0.5, 0.6) is 0 Å². The number of anilines is 1. The summed E-state index contributed by atoms with van der Waals surface area (Å²) in [5, 5.41) is 5.75. The Hall–Kier alpha value is -2.34. The predicted octanol–water partition coefficient (Wildman–Crippen LogP) is 4.14. The third-order valence-electron chi connectivity index (χ3n) is 5.08. The average molecular weight is 415 g/mol. The highest BCUT2D eigenvalue weighted by Gasteiger charge is 2.27. The molecule has 1 fully saturated rings. The SMILES string of the molecule is O=Cn1ccc(N2CCN(C(c3ccc(Cl)cc3)c3ccc(Cl)cc3)CC2)n1. The van der Waals surface area contributed by atoms with Crippen LogP contribution in [0.2, 0.25) is 10.0 Å². The van der Waals surface area contributed by atoms with Gasteiger partial charge in [-0.2, -0.15) is 0 Å². The number of halogens is 2. The molecule has 0 atom stereocenters. The molecule has 2 aromatic carbocycles. The fourth-order valence-corrected chi connectivity index (χ4v) is 3.92. The molecular weight excluding hydrogens is 395 g/mol. The molecule has 2 heterocycles. The molecule has 0 aliphatic carbocycles. The van der Waals surface area contributed by atoms with Crippen molar-refractivity contribution in [2.45, 2.75) is 6.04 Å². The van der Waals surface area contributed by atoms with E-state index in [0.717, 1.165) is 42.0 Å². The lowest BCUT2D eigenvalue weighted by Crippen LogP contribution is -2.48. The predicted molar refractivity (Wildman–Crippen MR) is 113 cm³/mol. The average Bonchev–Trinajstić information content (AvgIpc) is 3.21. The maximum Gasteiger partial charge on any atom is 0.234 e. The summed E-state index contributed by atoms with van der Waals surface area (Å²) in [6, 6.07) is 18.1. The lowest BCUT2D eigenvalue weighted by atomic mass is 9.96. The molecule has 1 aliphatic rings. The summed E-state index contributed by atoms with van der Waals surface area (Å²) < 4.78 is 1.30. The maximum atomic E-state index is 10.9. The lowest BCUT2D eigenvalue weighted by Gasteiger charge is -2.40. The Morgan fingerprint density at radius 2 is 1.36 bits per heavy atom. The minimum atomic E-state index is 0.129. The summed E-state index contributed by atoms with van der Waals surface area (Å²) in [5.74, 6) is 0.835. The molecule has 0 amide bonds. The van der Waals surface area contributed by atoms with Crippen molar-refractivity contribution in [3.8, 4) is 0 Å². The first-order valence-corrected chi connectivity index (χ1v) is 9.90. The molecule has 0 N–H and O–H groups in total. The molecule has 5 nitrogen and oxygen atoms in total. The Balaban J connectivity index is 1.56. The molecule has 0 radical (unpaired) electrons. The molecule has 1 aromatic heterocycles. The van der Waals surface area contributed by atoms with Crippen LogP contribution < -0.4 is 4.90 Å². The van der Waals surface area contributed by atoms with Gasteiger partial charge in [0.05, 0.1) is 6.04 Å². The second-order valence-electron chi connectivity index (χ2n) is 6.79. The van der Waals surface area contributed by atoms with E-state index in [9.17, 15) is 4.79 Å². The van der Waals surface area contributed by atoms with E-state index in [1.165, 1.54) is 15.8 Å². The third kappa shape index (κ3) is 4.07. The van der Waals surface area contributed by atoms with E-state index in [1.807, 2.05) is 30.3 Å². The van der Waals surface area contributed by atoms with E-state index in [-0.39, 0.29) is 6.04 Å². The van der Waals surface area contributed by atoms with Crippen molar-refractivity contribution in [2.75, 3.05) is 31.1 Å². The van der Waals surface area contributed by atoms with Gasteiger partial charge in [-0.05, 0) is 35.4 Å². The molecule has 4 rings (SSSR count). The molecule has 3 aromatic rings. The van der Waals surface area contributed by atoms with Crippen LogP contribution >= 0.6 is 23.2 Å². The Labute approximate surface area is 174 Å². The smallest absolute Gasteiger partial charge is 0.234 e. The van der Waals surface area contributed by atoms with Crippen molar-refractivity contribution in [3.63, 3.8) is 0 Å². The highest BCUT2D eigenvalue weighted by molar-refractivity contribution is 6.30. The van der Waals surface area contributed by atoms with Crippen LogP contribution in [0.25, 0.3) is 0 Å². The van der Waals surface area contributed by atoms with Gasteiger partial charge in [0, 0.05) is 48.5 Å². The van der Waals surface area contributed by atoms with Gasteiger partial charge in [0.1, 0.15) is 0 Å². The van der Waals surface area contributed by atoms with Gasteiger partial charge in [0.15, 0.2) is 5.82 Å². The summed E-state index contributed by atoms with van der Waals surface area (Å²) in [6.07, 6.45) is 2.38. The topological polar surface area (TPSA) is 41.4 Å². The van der Waals surface area contributed by atoms with E-state index >= 15 is 0 Å².